The number of hydrogen-bond acceptors (Lipinski definition) is 1. The van der Waals surface area contributed by atoms with Gasteiger partial charge in [-0.1, -0.05) is 44.2 Å². The zero-order chi connectivity index (χ0) is 11.1. The number of hydrogen-bond donors (Lipinski definition) is 0. The lowest BCUT2D eigenvalue weighted by Gasteiger charge is -2.14. The first-order chi connectivity index (χ1) is 7.24. The molecule has 2 atom stereocenters. The molecule has 0 saturated carbocycles. The summed E-state index contributed by atoms with van der Waals surface area (Å²) < 4.78 is 4.92. The highest BCUT2D eigenvalue weighted by Crippen LogP contribution is 2.23. The lowest BCUT2D eigenvalue weighted by Crippen LogP contribution is -1.99. The third-order valence-electron chi connectivity index (χ3n) is 2.64. The quantitative estimate of drug-likeness (QED) is 0.659. The van der Waals surface area contributed by atoms with Crippen molar-refractivity contribution < 1.29 is 4.74 Å². The molecule has 0 spiro atoms. The van der Waals surface area contributed by atoms with E-state index in [0.717, 1.165) is 6.42 Å². The minimum atomic E-state index is 0.556. The third kappa shape index (κ3) is 4.20. The van der Waals surface area contributed by atoms with Gasteiger partial charge in [-0.3, -0.25) is 0 Å². The second kappa shape index (κ2) is 6.28. The SMILES string of the molecule is CO/C=C/C(C)CC(C)c1ccccc1. The third-order valence-corrected chi connectivity index (χ3v) is 2.64. The van der Waals surface area contributed by atoms with E-state index in [1.807, 2.05) is 0 Å². The maximum Gasteiger partial charge on any atom is 0.0787 e. The van der Waals surface area contributed by atoms with Gasteiger partial charge >= 0.3 is 0 Å². The van der Waals surface area contributed by atoms with Crippen LogP contribution in [0.1, 0.15) is 31.7 Å². The van der Waals surface area contributed by atoms with E-state index in [2.05, 4.69) is 50.3 Å². The van der Waals surface area contributed by atoms with Crippen LogP contribution in [-0.2, 0) is 4.74 Å². The van der Waals surface area contributed by atoms with Gasteiger partial charge in [-0.2, -0.15) is 0 Å². The van der Waals surface area contributed by atoms with Gasteiger partial charge in [-0.15, -0.1) is 0 Å². The first kappa shape index (κ1) is 11.8. The summed E-state index contributed by atoms with van der Waals surface area (Å²) in [6.07, 6.45) is 5.03. The number of benzene rings is 1. The maximum atomic E-state index is 4.92. The van der Waals surface area contributed by atoms with E-state index in [1.54, 1.807) is 13.4 Å². The molecule has 15 heavy (non-hydrogen) atoms. The molecule has 0 heterocycles. The van der Waals surface area contributed by atoms with Crippen LogP contribution in [0.15, 0.2) is 42.7 Å². The van der Waals surface area contributed by atoms with Crippen LogP contribution in [0.25, 0.3) is 0 Å². The summed E-state index contributed by atoms with van der Waals surface area (Å²) in [6, 6.07) is 10.6. The standard InChI is InChI=1S/C14H20O/c1-12(9-10-15-3)11-13(2)14-7-5-4-6-8-14/h4-10,12-13H,11H2,1-3H3/b10-9+. The van der Waals surface area contributed by atoms with E-state index in [4.69, 9.17) is 4.74 Å². The Labute approximate surface area is 92.8 Å². The molecule has 0 aromatic heterocycles. The lowest BCUT2D eigenvalue weighted by molar-refractivity contribution is 0.333. The van der Waals surface area contributed by atoms with E-state index in [-0.39, 0.29) is 0 Å². The first-order valence-electron chi connectivity index (χ1n) is 5.48. The monoisotopic (exact) mass is 204 g/mol. The van der Waals surface area contributed by atoms with Gasteiger partial charge in [0.05, 0.1) is 13.4 Å². The lowest BCUT2D eigenvalue weighted by atomic mass is 9.91. The molecule has 1 aromatic rings. The summed E-state index contributed by atoms with van der Waals surface area (Å²) in [5.74, 6) is 1.16. The summed E-state index contributed by atoms with van der Waals surface area (Å²) in [4.78, 5) is 0. The average Bonchev–Trinajstić information content (AvgIpc) is 2.27. The fourth-order valence-corrected chi connectivity index (χ4v) is 1.77. The minimum absolute atomic E-state index is 0.556. The van der Waals surface area contributed by atoms with E-state index < -0.39 is 0 Å². The Kier molecular flexibility index (Phi) is 4.96. The van der Waals surface area contributed by atoms with Gasteiger partial charge in [0, 0.05) is 0 Å². The van der Waals surface area contributed by atoms with Gasteiger partial charge in [-0.25, -0.2) is 0 Å². The molecule has 0 aliphatic carbocycles. The van der Waals surface area contributed by atoms with Crippen molar-refractivity contribution in [2.24, 2.45) is 5.92 Å². The summed E-state index contributed by atoms with van der Waals surface area (Å²) in [5.41, 5.74) is 1.41. The Morgan fingerprint density at radius 2 is 1.87 bits per heavy atom. The summed E-state index contributed by atoms with van der Waals surface area (Å²) in [6.45, 7) is 4.49. The summed E-state index contributed by atoms with van der Waals surface area (Å²) >= 11 is 0. The van der Waals surface area contributed by atoms with Gasteiger partial charge in [-0.05, 0) is 29.9 Å². The van der Waals surface area contributed by atoms with Crippen LogP contribution in [0.4, 0.5) is 0 Å². The predicted octanol–water partition coefficient (Wildman–Crippen LogP) is 3.98. The molecule has 0 aliphatic heterocycles. The van der Waals surface area contributed by atoms with E-state index >= 15 is 0 Å². The highest BCUT2D eigenvalue weighted by atomic mass is 16.5. The van der Waals surface area contributed by atoms with Gasteiger partial charge in [0.1, 0.15) is 0 Å². The predicted molar refractivity (Wildman–Crippen MR) is 64.8 cm³/mol. The number of rotatable bonds is 5. The minimum Gasteiger partial charge on any atom is -0.505 e. The molecule has 0 radical (unpaired) electrons. The van der Waals surface area contributed by atoms with E-state index in [9.17, 15) is 0 Å². The van der Waals surface area contributed by atoms with E-state index in [0.29, 0.717) is 11.8 Å². The van der Waals surface area contributed by atoms with Crippen molar-refractivity contribution >= 4 is 0 Å². The molecular formula is C14H20O. The highest BCUT2D eigenvalue weighted by molar-refractivity contribution is 5.18. The van der Waals surface area contributed by atoms with Crippen LogP contribution < -0.4 is 0 Å². The van der Waals surface area contributed by atoms with Gasteiger partial charge in [0.15, 0.2) is 0 Å². The van der Waals surface area contributed by atoms with Crippen molar-refractivity contribution in [3.63, 3.8) is 0 Å². The van der Waals surface area contributed by atoms with Gasteiger partial charge in [0.2, 0.25) is 0 Å². The van der Waals surface area contributed by atoms with Crippen molar-refractivity contribution in [3.05, 3.63) is 48.2 Å². The highest BCUT2D eigenvalue weighted by Gasteiger charge is 2.08. The Bertz CT molecular complexity index is 289. The molecular weight excluding hydrogens is 184 g/mol. The molecule has 0 N–H and O–H groups in total. The van der Waals surface area contributed by atoms with Crippen LogP contribution in [0, 0.1) is 5.92 Å². The Hall–Kier alpha value is -1.24. The van der Waals surface area contributed by atoms with Crippen molar-refractivity contribution in [1.29, 1.82) is 0 Å². The Morgan fingerprint density at radius 1 is 1.20 bits per heavy atom. The molecule has 0 bridgehead atoms. The van der Waals surface area contributed by atoms with Crippen molar-refractivity contribution in [2.75, 3.05) is 7.11 Å². The Balaban J connectivity index is 2.49. The molecule has 1 rings (SSSR count). The number of methoxy groups -OCH3 is 1. The maximum absolute atomic E-state index is 4.92. The fourth-order valence-electron chi connectivity index (χ4n) is 1.77. The first-order valence-corrected chi connectivity index (χ1v) is 5.48. The second-order valence-corrected chi connectivity index (χ2v) is 4.09. The molecule has 1 aromatic carbocycles. The molecule has 0 saturated heterocycles. The molecule has 2 unspecified atom stereocenters. The van der Waals surface area contributed by atoms with Gasteiger partial charge < -0.3 is 4.74 Å². The zero-order valence-electron chi connectivity index (χ0n) is 9.81. The fraction of sp³-hybridized carbons (Fsp3) is 0.429. The van der Waals surface area contributed by atoms with Crippen LogP contribution in [0.3, 0.4) is 0 Å². The van der Waals surface area contributed by atoms with Crippen LogP contribution in [0.2, 0.25) is 0 Å². The van der Waals surface area contributed by atoms with Crippen LogP contribution in [-0.4, -0.2) is 7.11 Å². The molecule has 0 aliphatic rings. The van der Waals surface area contributed by atoms with Crippen LogP contribution >= 0.6 is 0 Å². The van der Waals surface area contributed by atoms with Gasteiger partial charge in [0.25, 0.3) is 0 Å². The smallest absolute Gasteiger partial charge is 0.0787 e. The molecule has 0 amide bonds. The van der Waals surface area contributed by atoms with Crippen molar-refractivity contribution in [3.8, 4) is 0 Å². The normalized spacial score (nSPS) is 15.1. The molecule has 82 valence electrons. The molecule has 1 heteroatoms. The van der Waals surface area contributed by atoms with Crippen molar-refractivity contribution in [2.45, 2.75) is 26.2 Å². The topological polar surface area (TPSA) is 9.23 Å². The molecule has 1 nitrogen and oxygen atoms in total. The number of allylic oxidation sites excluding steroid dienone is 1. The van der Waals surface area contributed by atoms with E-state index in [1.165, 1.54) is 5.56 Å². The summed E-state index contributed by atoms with van der Waals surface area (Å²) in [7, 11) is 1.68. The van der Waals surface area contributed by atoms with Crippen molar-refractivity contribution in [1.82, 2.24) is 0 Å². The average molecular weight is 204 g/mol. The second-order valence-electron chi connectivity index (χ2n) is 4.09. The number of ether oxygens (including phenoxy) is 1. The largest absolute Gasteiger partial charge is 0.505 e. The zero-order valence-corrected chi connectivity index (χ0v) is 9.81. The summed E-state index contributed by atoms with van der Waals surface area (Å²) in [5, 5.41) is 0. The molecule has 0 fully saturated rings. The van der Waals surface area contributed by atoms with Crippen LogP contribution in [0.5, 0.6) is 0 Å². The Morgan fingerprint density at radius 3 is 2.47 bits per heavy atom.